The lowest BCUT2D eigenvalue weighted by Gasteiger charge is -2.33. The summed E-state index contributed by atoms with van der Waals surface area (Å²) in [5.41, 5.74) is 0. The van der Waals surface area contributed by atoms with Crippen LogP contribution in [0.3, 0.4) is 0 Å². The van der Waals surface area contributed by atoms with E-state index in [-0.39, 0.29) is 25.3 Å². The van der Waals surface area contributed by atoms with Crippen molar-refractivity contribution in [2.75, 3.05) is 19.7 Å². The molecule has 0 N–H and O–H groups in total. The largest absolute Gasteiger partial charge is 0.482 e. The van der Waals surface area contributed by atoms with E-state index in [9.17, 15) is 22.4 Å². The van der Waals surface area contributed by atoms with Gasteiger partial charge < -0.3 is 9.64 Å². The van der Waals surface area contributed by atoms with Crippen molar-refractivity contribution in [3.05, 3.63) is 28.5 Å². The first-order valence-electron chi connectivity index (χ1n) is 6.69. The van der Waals surface area contributed by atoms with Crippen molar-refractivity contribution in [1.82, 2.24) is 4.90 Å². The van der Waals surface area contributed by atoms with Crippen LogP contribution in [-0.2, 0) is 4.79 Å². The third-order valence-corrected chi connectivity index (χ3v) is 4.14. The summed E-state index contributed by atoms with van der Waals surface area (Å²) < 4.78 is 56.9. The van der Waals surface area contributed by atoms with Crippen molar-refractivity contribution < 1.29 is 27.1 Å². The van der Waals surface area contributed by atoms with Gasteiger partial charge in [-0.05, 0) is 40.9 Å². The molecule has 8 heteroatoms. The number of alkyl halides is 3. The van der Waals surface area contributed by atoms with Crippen LogP contribution >= 0.6 is 15.9 Å². The molecule has 1 amide bonds. The minimum atomic E-state index is -4.30. The van der Waals surface area contributed by atoms with Crippen molar-refractivity contribution in [1.29, 1.82) is 0 Å². The van der Waals surface area contributed by atoms with Gasteiger partial charge in [-0.3, -0.25) is 4.79 Å². The molecule has 0 radical (unpaired) electrons. The molecule has 0 aliphatic carbocycles. The van der Waals surface area contributed by atoms with E-state index in [0.717, 1.165) is 11.0 Å². The summed E-state index contributed by atoms with van der Waals surface area (Å²) in [6.07, 6.45) is -3.96. The van der Waals surface area contributed by atoms with E-state index in [1.54, 1.807) is 0 Å². The Morgan fingerprint density at radius 2 is 2.14 bits per heavy atom. The highest BCUT2D eigenvalue weighted by Crippen LogP contribution is 2.33. The quantitative estimate of drug-likeness (QED) is 0.743. The second kappa shape index (κ2) is 6.85. The SMILES string of the molecule is O=C(COc1cc(F)ccc1Br)N1CCCC(C(F)(F)F)C1. The van der Waals surface area contributed by atoms with E-state index in [0.29, 0.717) is 10.9 Å². The molecule has 1 unspecified atom stereocenters. The molecule has 1 saturated heterocycles. The second-order valence-electron chi connectivity index (χ2n) is 5.08. The Bertz CT molecular complexity index is 550. The van der Waals surface area contributed by atoms with E-state index >= 15 is 0 Å². The molecular weight excluding hydrogens is 370 g/mol. The molecule has 1 aromatic carbocycles. The first-order chi connectivity index (χ1) is 10.3. The van der Waals surface area contributed by atoms with E-state index < -0.39 is 30.4 Å². The third-order valence-electron chi connectivity index (χ3n) is 3.48. The maximum atomic E-state index is 13.1. The molecule has 0 saturated carbocycles. The number of carbonyl (C=O) groups is 1. The van der Waals surface area contributed by atoms with Crippen LogP contribution in [0.25, 0.3) is 0 Å². The highest BCUT2D eigenvalue weighted by molar-refractivity contribution is 9.10. The highest BCUT2D eigenvalue weighted by atomic mass is 79.9. The fraction of sp³-hybridized carbons (Fsp3) is 0.500. The fourth-order valence-electron chi connectivity index (χ4n) is 2.29. The normalized spacial score (nSPS) is 19.1. The predicted molar refractivity (Wildman–Crippen MR) is 75.0 cm³/mol. The molecular formula is C14H14BrF4NO2. The zero-order valence-corrected chi connectivity index (χ0v) is 13.1. The van der Waals surface area contributed by atoms with Crippen molar-refractivity contribution >= 4 is 21.8 Å². The summed E-state index contributed by atoms with van der Waals surface area (Å²) in [7, 11) is 0. The summed E-state index contributed by atoms with van der Waals surface area (Å²) in [6, 6.07) is 3.75. The van der Waals surface area contributed by atoms with Gasteiger partial charge in [-0.25, -0.2) is 4.39 Å². The van der Waals surface area contributed by atoms with Crippen molar-refractivity contribution in [2.24, 2.45) is 5.92 Å². The van der Waals surface area contributed by atoms with Crippen LogP contribution in [0.1, 0.15) is 12.8 Å². The molecule has 1 heterocycles. The summed E-state index contributed by atoms with van der Waals surface area (Å²) in [5.74, 6) is -2.42. The number of nitrogens with zero attached hydrogens (tertiary/aromatic N) is 1. The third kappa shape index (κ3) is 4.34. The zero-order valence-electron chi connectivity index (χ0n) is 11.5. The number of piperidine rings is 1. The Labute approximate surface area is 133 Å². The Morgan fingerprint density at radius 3 is 2.82 bits per heavy atom. The molecule has 3 nitrogen and oxygen atoms in total. The molecule has 1 aromatic rings. The minimum absolute atomic E-state index is 0.0313. The minimum Gasteiger partial charge on any atom is -0.482 e. The van der Waals surface area contributed by atoms with E-state index in [1.165, 1.54) is 12.1 Å². The molecule has 122 valence electrons. The number of halogens is 5. The molecule has 1 aliphatic rings. The van der Waals surface area contributed by atoms with Gasteiger partial charge in [0.05, 0.1) is 10.4 Å². The molecule has 2 rings (SSSR count). The van der Waals surface area contributed by atoms with E-state index in [4.69, 9.17) is 4.74 Å². The maximum absolute atomic E-state index is 13.1. The number of hydrogen-bond acceptors (Lipinski definition) is 2. The molecule has 0 spiro atoms. The smallest absolute Gasteiger partial charge is 0.393 e. The lowest BCUT2D eigenvalue weighted by molar-refractivity contribution is -0.188. The second-order valence-corrected chi connectivity index (χ2v) is 5.94. The van der Waals surface area contributed by atoms with E-state index in [2.05, 4.69) is 15.9 Å². The average molecular weight is 384 g/mol. The fourth-order valence-corrected chi connectivity index (χ4v) is 2.65. The maximum Gasteiger partial charge on any atom is 0.393 e. The van der Waals surface area contributed by atoms with Gasteiger partial charge >= 0.3 is 6.18 Å². The summed E-state index contributed by atoms with van der Waals surface area (Å²) >= 11 is 3.15. The Morgan fingerprint density at radius 1 is 1.41 bits per heavy atom. The lowest BCUT2D eigenvalue weighted by atomic mass is 9.97. The zero-order chi connectivity index (χ0) is 16.3. The molecule has 1 fully saturated rings. The predicted octanol–water partition coefficient (Wildman–Crippen LogP) is 3.77. The Balaban J connectivity index is 1.93. The number of hydrogen-bond donors (Lipinski definition) is 0. The number of amides is 1. The highest BCUT2D eigenvalue weighted by Gasteiger charge is 2.42. The van der Waals surface area contributed by atoms with E-state index in [1.807, 2.05) is 0 Å². The van der Waals surface area contributed by atoms with Crippen LogP contribution in [-0.4, -0.2) is 36.7 Å². The number of carbonyl (C=O) groups excluding carboxylic acids is 1. The number of likely N-dealkylation sites (tertiary alicyclic amines) is 1. The van der Waals surface area contributed by atoms with Gasteiger partial charge in [-0.15, -0.1) is 0 Å². The van der Waals surface area contributed by atoms with Gasteiger partial charge in [-0.1, -0.05) is 0 Å². The van der Waals surface area contributed by atoms with Gasteiger partial charge in [0.1, 0.15) is 11.6 Å². The summed E-state index contributed by atoms with van der Waals surface area (Å²) in [5, 5.41) is 0. The number of ether oxygens (including phenoxy) is 1. The van der Waals surface area contributed by atoms with Crippen molar-refractivity contribution in [2.45, 2.75) is 19.0 Å². The summed E-state index contributed by atoms with van der Waals surface area (Å²) in [6.45, 7) is -0.498. The Kier molecular flexibility index (Phi) is 5.31. The lowest BCUT2D eigenvalue weighted by Crippen LogP contribution is -2.46. The van der Waals surface area contributed by atoms with Gasteiger partial charge in [0.2, 0.25) is 0 Å². The van der Waals surface area contributed by atoms with Gasteiger partial charge in [-0.2, -0.15) is 13.2 Å². The van der Waals surface area contributed by atoms with Gasteiger partial charge in [0.25, 0.3) is 5.91 Å². The van der Waals surface area contributed by atoms with Crippen LogP contribution in [0.15, 0.2) is 22.7 Å². The average Bonchev–Trinajstić information content (AvgIpc) is 2.47. The van der Waals surface area contributed by atoms with Crippen LogP contribution in [0.2, 0.25) is 0 Å². The first-order valence-corrected chi connectivity index (χ1v) is 7.49. The van der Waals surface area contributed by atoms with Crippen LogP contribution in [0.5, 0.6) is 5.75 Å². The number of rotatable bonds is 3. The monoisotopic (exact) mass is 383 g/mol. The van der Waals surface area contributed by atoms with Crippen LogP contribution in [0.4, 0.5) is 17.6 Å². The van der Waals surface area contributed by atoms with Crippen molar-refractivity contribution in [3.63, 3.8) is 0 Å². The molecule has 0 bridgehead atoms. The van der Waals surface area contributed by atoms with Gasteiger partial charge in [0, 0.05) is 19.2 Å². The standard InChI is InChI=1S/C14H14BrF4NO2/c15-11-4-3-10(16)6-12(11)22-8-13(21)20-5-1-2-9(7-20)14(17,18)19/h3-4,6,9H,1-2,5,7-8H2. The van der Waals surface area contributed by atoms with Crippen molar-refractivity contribution in [3.8, 4) is 5.75 Å². The summed E-state index contributed by atoms with van der Waals surface area (Å²) in [4.78, 5) is 13.1. The molecule has 1 atom stereocenters. The van der Waals surface area contributed by atoms with Gasteiger partial charge in [0.15, 0.2) is 6.61 Å². The molecule has 1 aliphatic heterocycles. The molecule has 22 heavy (non-hydrogen) atoms. The van der Waals surface area contributed by atoms with Crippen LogP contribution < -0.4 is 4.74 Å². The first kappa shape index (κ1) is 17.1. The number of benzene rings is 1. The topological polar surface area (TPSA) is 29.5 Å². The molecule has 0 aromatic heterocycles. The van der Waals surface area contributed by atoms with Crippen LogP contribution in [0, 0.1) is 11.7 Å². The Hall–Kier alpha value is -1.31.